The molecule has 1 aliphatic heterocycles. The number of hydrogen-bond donors (Lipinski definition) is 3. The second-order valence-corrected chi connectivity index (χ2v) is 6.21. The molecule has 3 rings (SSSR count). The summed E-state index contributed by atoms with van der Waals surface area (Å²) in [4.78, 5) is 4.33. The Morgan fingerprint density at radius 1 is 1.25 bits per heavy atom. The highest BCUT2D eigenvalue weighted by molar-refractivity contribution is 5.78. The molecule has 2 aromatic carbocycles. The van der Waals surface area contributed by atoms with Gasteiger partial charge in [0.2, 0.25) is 0 Å². The van der Waals surface area contributed by atoms with E-state index in [-0.39, 0.29) is 12.6 Å². The average molecular weight is 325 g/mol. The topological polar surface area (TPSA) is 79.9 Å². The van der Waals surface area contributed by atoms with Crippen molar-refractivity contribution in [3.8, 4) is 5.75 Å². The van der Waals surface area contributed by atoms with Gasteiger partial charge in [0.25, 0.3) is 0 Å². The first kappa shape index (κ1) is 16.3. The number of hydrogen-bond acceptors (Lipinski definition) is 3. The maximum absolute atomic E-state index is 10.6. The zero-order valence-electron chi connectivity index (χ0n) is 13.8. The van der Waals surface area contributed by atoms with E-state index in [1.807, 2.05) is 54.6 Å². The lowest BCUT2D eigenvalue weighted by Crippen LogP contribution is -2.38. The zero-order valence-corrected chi connectivity index (χ0v) is 13.8. The summed E-state index contributed by atoms with van der Waals surface area (Å²) in [6, 6.07) is 17.5. The van der Waals surface area contributed by atoms with Gasteiger partial charge < -0.3 is 20.9 Å². The van der Waals surface area contributed by atoms with E-state index in [9.17, 15) is 5.11 Å². The van der Waals surface area contributed by atoms with Crippen LogP contribution in [0.4, 0.5) is 0 Å². The zero-order chi connectivity index (χ0) is 17.0. The lowest BCUT2D eigenvalue weighted by molar-refractivity contribution is 0.0673. The Morgan fingerprint density at radius 2 is 1.96 bits per heavy atom. The van der Waals surface area contributed by atoms with Crippen LogP contribution >= 0.6 is 0 Å². The predicted octanol–water partition coefficient (Wildman–Crippen LogP) is 2.32. The Bertz CT molecular complexity index is 714. The van der Waals surface area contributed by atoms with Gasteiger partial charge in [-0.15, -0.1) is 0 Å². The fourth-order valence-electron chi connectivity index (χ4n) is 2.84. The number of aliphatic imine (C=N–C) groups is 1. The van der Waals surface area contributed by atoms with Crippen molar-refractivity contribution in [2.24, 2.45) is 10.7 Å². The van der Waals surface area contributed by atoms with Gasteiger partial charge in [-0.3, -0.25) is 4.99 Å². The first-order valence-corrected chi connectivity index (χ1v) is 8.12. The normalized spacial score (nSPS) is 19.8. The lowest BCUT2D eigenvalue weighted by atomic mass is 9.96. The van der Waals surface area contributed by atoms with Crippen LogP contribution < -0.4 is 15.8 Å². The fourth-order valence-corrected chi connectivity index (χ4v) is 2.84. The molecular formula is C19H23N3O2. The Kier molecular flexibility index (Phi) is 4.71. The summed E-state index contributed by atoms with van der Waals surface area (Å²) in [5, 5.41) is 13.8. The van der Waals surface area contributed by atoms with Gasteiger partial charge in [0.15, 0.2) is 5.96 Å². The third-order valence-electron chi connectivity index (χ3n) is 4.23. The molecule has 0 amide bonds. The van der Waals surface area contributed by atoms with E-state index >= 15 is 0 Å². The van der Waals surface area contributed by atoms with Gasteiger partial charge in [0, 0.05) is 12.0 Å². The summed E-state index contributed by atoms with van der Waals surface area (Å²) in [5.41, 5.74) is 6.88. The molecule has 0 spiro atoms. The van der Waals surface area contributed by atoms with Crippen LogP contribution in [0.1, 0.15) is 30.5 Å². The number of fused-ring (bicyclic) bond motifs is 1. The van der Waals surface area contributed by atoms with Crippen molar-refractivity contribution in [3.05, 3.63) is 65.7 Å². The molecular weight excluding hydrogens is 302 g/mol. The van der Waals surface area contributed by atoms with E-state index in [0.29, 0.717) is 12.6 Å². The monoisotopic (exact) mass is 325 g/mol. The van der Waals surface area contributed by atoms with E-state index < -0.39 is 5.60 Å². The molecule has 0 fully saturated rings. The fraction of sp³-hybridized carbons (Fsp3) is 0.316. The minimum Gasteiger partial charge on any atom is -0.493 e. The smallest absolute Gasteiger partial charge is 0.189 e. The maximum atomic E-state index is 10.6. The molecule has 0 saturated carbocycles. The first-order chi connectivity index (χ1) is 11.6. The van der Waals surface area contributed by atoms with Gasteiger partial charge in [0.05, 0.1) is 19.2 Å². The molecule has 4 N–H and O–H groups in total. The van der Waals surface area contributed by atoms with Crippen LogP contribution in [0.3, 0.4) is 0 Å². The van der Waals surface area contributed by atoms with Crippen molar-refractivity contribution < 1.29 is 9.84 Å². The number of aliphatic hydroxyl groups is 1. The second kappa shape index (κ2) is 6.93. The minimum atomic E-state index is -1.05. The Hall–Kier alpha value is -2.53. The number of rotatable bonds is 4. The van der Waals surface area contributed by atoms with E-state index in [2.05, 4.69) is 10.3 Å². The molecule has 0 radical (unpaired) electrons. The Balaban J connectivity index is 1.67. The summed E-state index contributed by atoms with van der Waals surface area (Å²) in [5.74, 6) is 1.21. The number of guanidine groups is 1. The molecule has 2 unspecified atom stereocenters. The van der Waals surface area contributed by atoms with Crippen molar-refractivity contribution >= 4 is 5.96 Å². The average Bonchev–Trinajstić information content (AvgIpc) is 2.61. The van der Waals surface area contributed by atoms with Crippen LogP contribution in [0.25, 0.3) is 0 Å². The van der Waals surface area contributed by atoms with Crippen LogP contribution in [0, 0.1) is 0 Å². The van der Waals surface area contributed by atoms with E-state index in [0.717, 1.165) is 23.3 Å². The van der Waals surface area contributed by atoms with Gasteiger partial charge >= 0.3 is 0 Å². The highest BCUT2D eigenvalue weighted by atomic mass is 16.5. The lowest BCUT2D eigenvalue weighted by Gasteiger charge is -2.27. The summed E-state index contributed by atoms with van der Waals surface area (Å²) in [6.07, 6.45) is 0.822. The van der Waals surface area contributed by atoms with Crippen molar-refractivity contribution in [2.45, 2.75) is 25.0 Å². The minimum absolute atomic E-state index is 0.0698. The third-order valence-corrected chi connectivity index (χ3v) is 4.23. The third kappa shape index (κ3) is 3.68. The van der Waals surface area contributed by atoms with Crippen molar-refractivity contribution in [1.29, 1.82) is 0 Å². The Morgan fingerprint density at radius 3 is 2.75 bits per heavy atom. The standard InChI is InChI=1S/C19H23N3O2/c1-19(23,14-7-3-2-4-8-14)13-21-18(20)22-16-11-12-24-17-10-6-5-9-15(16)17/h2-10,16,23H,11-13H2,1H3,(H3,20,21,22). The number of nitrogens with zero attached hydrogens (tertiary/aromatic N) is 1. The molecule has 5 nitrogen and oxygen atoms in total. The molecule has 0 aromatic heterocycles. The quantitative estimate of drug-likeness (QED) is 0.595. The number of benzene rings is 2. The summed E-state index contributed by atoms with van der Waals surface area (Å²) in [7, 11) is 0. The second-order valence-electron chi connectivity index (χ2n) is 6.21. The van der Waals surface area contributed by atoms with Gasteiger partial charge in [-0.2, -0.15) is 0 Å². The highest BCUT2D eigenvalue weighted by Crippen LogP contribution is 2.31. The summed E-state index contributed by atoms with van der Waals surface area (Å²) < 4.78 is 5.65. The van der Waals surface area contributed by atoms with E-state index in [1.54, 1.807) is 6.92 Å². The SMILES string of the molecule is CC(O)(CN=C(N)NC1CCOc2ccccc21)c1ccccc1. The highest BCUT2D eigenvalue weighted by Gasteiger charge is 2.24. The number of para-hydroxylation sites is 1. The van der Waals surface area contributed by atoms with Crippen molar-refractivity contribution in [3.63, 3.8) is 0 Å². The first-order valence-electron chi connectivity index (χ1n) is 8.12. The van der Waals surface area contributed by atoms with Gasteiger partial charge in [-0.1, -0.05) is 48.5 Å². The van der Waals surface area contributed by atoms with Gasteiger partial charge in [-0.25, -0.2) is 0 Å². The van der Waals surface area contributed by atoms with Crippen LogP contribution in [-0.4, -0.2) is 24.2 Å². The molecule has 0 aliphatic carbocycles. The predicted molar refractivity (Wildman–Crippen MR) is 94.9 cm³/mol. The molecule has 24 heavy (non-hydrogen) atoms. The molecule has 126 valence electrons. The Labute approximate surface area is 142 Å². The van der Waals surface area contributed by atoms with Gasteiger partial charge in [-0.05, 0) is 18.6 Å². The van der Waals surface area contributed by atoms with Crippen LogP contribution in [0.5, 0.6) is 5.75 Å². The van der Waals surface area contributed by atoms with E-state index in [4.69, 9.17) is 10.5 Å². The largest absolute Gasteiger partial charge is 0.493 e. The van der Waals surface area contributed by atoms with Crippen LogP contribution in [0.15, 0.2) is 59.6 Å². The summed E-state index contributed by atoms with van der Waals surface area (Å²) in [6.45, 7) is 2.58. The molecule has 1 heterocycles. The summed E-state index contributed by atoms with van der Waals surface area (Å²) >= 11 is 0. The number of nitrogens with two attached hydrogens (primary N) is 1. The van der Waals surface area contributed by atoms with Crippen molar-refractivity contribution in [1.82, 2.24) is 5.32 Å². The van der Waals surface area contributed by atoms with Crippen LogP contribution in [0.2, 0.25) is 0 Å². The number of nitrogens with one attached hydrogen (secondary N) is 1. The van der Waals surface area contributed by atoms with Crippen molar-refractivity contribution in [2.75, 3.05) is 13.2 Å². The molecule has 2 aromatic rings. The molecule has 0 bridgehead atoms. The molecule has 1 aliphatic rings. The van der Waals surface area contributed by atoms with E-state index in [1.165, 1.54) is 0 Å². The molecule has 2 atom stereocenters. The molecule has 5 heteroatoms. The van der Waals surface area contributed by atoms with Gasteiger partial charge in [0.1, 0.15) is 11.4 Å². The number of ether oxygens (including phenoxy) is 1. The maximum Gasteiger partial charge on any atom is 0.189 e. The van der Waals surface area contributed by atoms with Crippen LogP contribution in [-0.2, 0) is 5.60 Å². The molecule has 0 saturated heterocycles.